The molecule has 15 heavy (non-hydrogen) atoms. The third kappa shape index (κ3) is 5.53. The Morgan fingerprint density at radius 1 is 1.07 bits per heavy atom. The van der Waals surface area contributed by atoms with Gasteiger partial charge in [0, 0.05) is 13.1 Å². The predicted octanol–water partition coefficient (Wildman–Crippen LogP) is 3.76. The molecule has 0 aromatic carbocycles. The van der Waals surface area contributed by atoms with Crippen LogP contribution in [-0.4, -0.2) is 24.3 Å². The van der Waals surface area contributed by atoms with Crippen LogP contribution < -0.4 is 0 Å². The average Bonchev–Trinajstić information content (AvgIpc) is 2.29. The van der Waals surface area contributed by atoms with Crippen molar-refractivity contribution >= 4 is 0 Å². The van der Waals surface area contributed by atoms with E-state index in [1.165, 1.54) is 44.9 Å². The quantitative estimate of drug-likeness (QED) is 0.597. The molecule has 2 nitrogen and oxygen atoms in total. The molecule has 1 unspecified atom stereocenters. The van der Waals surface area contributed by atoms with Crippen molar-refractivity contribution < 1.29 is 4.84 Å². The molecule has 1 heterocycles. The SMILES string of the molecule is CCCCCC(CC)ON1CCCCC1. The Labute approximate surface area is 94.9 Å². The zero-order valence-electron chi connectivity index (χ0n) is 10.5. The highest BCUT2D eigenvalue weighted by atomic mass is 16.7. The topological polar surface area (TPSA) is 12.5 Å². The van der Waals surface area contributed by atoms with E-state index in [2.05, 4.69) is 18.9 Å². The Hall–Kier alpha value is -0.0800. The molecule has 0 aromatic heterocycles. The molecule has 1 aliphatic heterocycles. The molecular formula is C13H27NO. The Kier molecular flexibility index (Phi) is 7.03. The van der Waals surface area contributed by atoms with E-state index >= 15 is 0 Å². The normalized spacial score (nSPS) is 20.4. The first kappa shape index (κ1) is 13.0. The number of hydrogen-bond acceptors (Lipinski definition) is 2. The molecule has 2 heteroatoms. The van der Waals surface area contributed by atoms with E-state index in [0.29, 0.717) is 6.10 Å². The van der Waals surface area contributed by atoms with E-state index in [4.69, 9.17) is 4.84 Å². The van der Waals surface area contributed by atoms with Gasteiger partial charge < -0.3 is 0 Å². The van der Waals surface area contributed by atoms with Gasteiger partial charge in [-0.1, -0.05) is 39.5 Å². The second kappa shape index (κ2) is 8.12. The van der Waals surface area contributed by atoms with Crippen LogP contribution in [0.1, 0.15) is 65.2 Å². The maximum atomic E-state index is 6.02. The minimum absolute atomic E-state index is 0.467. The van der Waals surface area contributed by atoms with E-state index in [1.807, 2.05) is 0 Å². The highest BCUT2D eigenvalue weighted by Gasteiger charge is 2.15. The Morgan fingerprint density at radius 2 is 1.80 bits per heavy atom. The van der Waals surface area contributed by atoms with Crippen LogP contribution in [0.2, 0.25) is 0 Å². The monoisotopic (exact) mass is 213 g/mol. The minimum atomic E-state index is 0.467. The molecule has 0 amide bonds. The van der Waals surface area contributed by atoms with Crippen LogP contribution >= 0.6 is 0 Å². The zero-order valence-corrected chi connectivity index (χ0v) is 10.5. The largest absolute Gasteiger partial charge is 0.296 e. The van der Waals surface area contributed by atoms with Gasteiger partial charge in [-0.25, -0.2) is 0 Å². The van der Waals surface area contributed by atoms with Crippen molar-refractivity contribution in [2.24, 2.45) is 0 Å². The van der Waals surface area contributed by atoms with Gasteiger partial charge in [-0.15, -0.1) is 0 Å². The summed E-state index contributed by atoms with van der Waals surface area (Å²) in [5, 5.41) is 2.20. The van der Waals surface area contributed by atoms with Gasteiger partial charge in [-0.3, -0.25) is 4.84 Å². The molecule has 1 atom stereocenters. The van der Waals surface area contributed by atoms with Gasteiger partial charge in [0.1, 0.15) is 0 Å². The van der Waals surface area contributed by atoms with Crippen LogP contribution in [0.25, 0.3) is 0 Å². The van der Waals surface area contributed by atoms with Gasteiger partial charge in [-0.2, -0.15) is 5.06 Å². The molecule has 0 spiro atoms. The summed E-state index contributed by atoms with van der Waals surface area (Å²) >= 11 is 0. The van der Waals surface area contributed by atoms with E-state index in [9.17, 15) is 0 Å². The molecular weight excluding hydrogens is 186 g/mol. The first-order valence-corrected chi connectivity index (χ1v) is 6.78. The number of rotatable bonds is 7. The molecule has 0 saturated carbocycles. The lowest BCUT2D eigenvalue weighted by atomic mass is 10.1. The fourth-order valence-electron chi connectivity index (χ4n) is 2.13. The average molecular weight is 213 g/mol. The fraction of sp³-hybridized carbons (Fsp3) is 1.00. The van der Waals surface area contributed by atoms with Gasteiger partial charge in [0.2, 0.25) is 0 Å². The summed E-state index contributed by atoms with van der Waals surface area (Å²) in [7, 11) is 0. The third-order valence-electron chi connectivity index (χ3n) is 3.20. The molecule has 0 aromatic rings. The first-order valence-electron chi connectivity index (χ1n) is 6.78. The van der Waals surface area contributed by atoms with Crippen LogP contribution in [0.15, 0.2) is 0 Å². The van der Waals surface area contributed by atoms with Gasteiger partial charge in [0.05, 0.1) is 6.10 Å². The van der Waals surface area contributed by atoms with Crippen LogP contribution in [0, 0.1) is 0 Å². The summed E-state index contributed by atoms with van der Waals surface area (Å²) in [4.78, 5) is 6.02. The molecule has 1 aliphatic rings. The number of piperidine rings is 1. The van der Waals surface area contributed by atoms with E-state index in [1.54, 1.807) is 0 Å². The summed E-state index contributed by atoms with van der Waals surface area (Å²) < 4.78 is 0. The van der Waals surface area contributed by atoms with Crippen LogP contribution in [0.4, 0.5) is 0 Å². The molecule has 90 valence electrons. The van der Waals surface area contributed by atoms with Gasteiger partial charge in [0.25, 0.3) is 0 Å². The fourth-order valence-corrected chi connectivity index (χ4v) is 2.13. The predicted molar refractivity (Wildman–Crippen MR) is 64.7 cm³/mol. The third-order valence-corrected chi connectivity index (χ3v) is 3.20. The van der Waals surface area contributed by atoms with Crippen molar-refractivity contribution in [3.8, 4) is 0 Å². The molecule has 0 N–H and O–H groups in total. The molecule has 0 bridgehead atoms. The Morgan fingerprint density at radius 3 is 2.40 bits per heavy atom. The van der Waals surface area contributed by atoms with Gasteiger partial charge in [-0.05, 0) is 25.7 Å². The van der Waals surface area contributed by atoms with Crippen LogP contribution in [0.3, 0.4) is 0 Å². The zero-order chi connectivity index (χ0) is 10.9. The lowest BCUT2D eigenvalue weighted by Gasteiger charge is -2.29. The van der Waals surface area contributed by atoms with Crippen LogP contribution in [-0.2, 0) is 4.84 Å². The summed E-state index contributed by atoms with van der Waals surface area (Å²) in [6, 6.07) is 0. The lowest BCUT2D eigenvalue weighted by molar-refractivity contribution is -0.208. The maximum Gasteiger partial charge on any atom is 0.0790 e. The number of hydrogen-bond donors (Lipinski definition) is 0. The summed E-state index contributed by atoms with van der Waals surface area (Å²) in [5.74, 6) is 0. The molecule has 0 radical (unpaired) electrons. The number of hydroxylamine groups is 2. The highest BCUT2D eigenvalue weighted by molar-refractivity contribution is 4.60. The summed E-state index contributed by atoms with van der Waals surface area (Å²) in [6.07, 6.45) is 10.8. The summed E-state index contributed by atoms with van der Waals surface area (Å²) in [5.41, 5.74) is 0. The first-order chi connectivity index (χ1) is 7.36. The Bertz CT molecular complexity index is 143. The number of unbranched alkanes of at least 4 members (excludes halogenated alkanes) is 2. The van der Waals surface area contributed by atoms with E-state index in [0.717, 1.165) is 19.5 Å². The van der Waals surface area contributed by atoms with E-state index < -0.39 is 0 Å². The number of nitrogens with zero attached hydrogens (tertiary/aromatic N) is 1. The van der Waals surface area contributed by atoms with Crippen molar-refractivity contribution in [3.63, 3.8) is 0 Å². The van der Waals surface area contributed by atoms with Gasteiger partial charge >= 0.3 is 0 Å². The Balaban J connectivity index is 2.13. The smallest absolute Gasteiger partial charge is 0.0790 e. The summed E-state index contributed by atoms with van der Waals surface area (Å²) in [6.45, 7) is 6.78. The molecule has 1 rings (SSSR count). The standard InChI is InChI=1S/C13H27NO/c1-3-5-7-10-13(4-2)15-14-11-8-6-9-12-14/h13H,3-12H2,1-2H3. The second-order valence-electron chi connectivity index (χ2n) is 4.62. The van der Waals surface area contributed by atoms with Crippen molar-refractivity contribution in [1.82, 2.24) is 5.06 Å². The van der Waals surface area contributed by atoms with Crippen molar-refractivity contribution in [3.05, 3.63) is 0 Å². The van der Waals surface area contributed by atoms with Crippen molar-refractivity contribution in [1.29, 1.82) is 0 Å². The van der Waals surface area contributed by atoms with Crippen LogP contribution in [0.5, 0.6) is 0 Å². The minimum Gasteiger partial charge on any atom is -0.296 e. The van der Waals surface area contributed by atoms with Crippen molar-refractivity contribution in [2.75, 3.05) is 13.1 Å². The lowest BCUT2D eigenvalue weighted by Crippen LogP contribution is -2.34. The van der Waals surface area contributed by atoms with Gasteiger partial charge in [0.15, 0.2) is 0 Å². The molecule has 1 fully saturated rings. The second-order valence-corrected chi connectivity index (χ2v) is 4.62. The highest BCUT2D eigenvalue weighted by Crippen LogP contribution is 2.15. The van der Waals surface area contributed by atoms with Crippen molar-refractivity contribution in [2.45, 2.75) is 71.3 Å². The van der Waals surface area contributed by atoms with E-state index in [-0.39, 0.29) is 0 Å². The molecule has 0 aliphatic carbocycles. The maximum absolute atomic E-state index is 6.02. The molecule has 1 saturated heterocycles.